The van der Waals surface area contributed by atoms with Crippen molar-refractivity contribution in [2.45, 2.75) is 53.0 Å². The Bertz CT molecular complexity index is 272. The lowest BCUT2D eigenvalue weighted by molar-refractivity contribution is -0.139. The van der Waals surface area contributed by atoms with Crippen LogP contribution in [-0.2, 0) is 9.59 Å². The van der Waals surface area contributed by atoms with Gasteiger partial charge in [-0.3, -0.25) is 9.59 Å². The second-order valence-electron chi connectivity index (χ2n) is 4.02. The molecule has 0 rings (SSSR count). The normalized spacial score (nSPS) is 11.4. The van der Waals surface area contributed by atoms with Gasteiger partial charge in [0.1, 0.15) is 0 Å². The van der Waals surface area contributed by atoms with Crippen molar-refractivity contribution >= 4 is 17.5 Å². The molecule has 0 aliphatic carbocycles. The van der Waals surface area contributed by atoms with Gasteiger partial charge in [0.25, 0.3) is 0 Å². The monoisotopic (exact) mass is 227 g/mol. The average Bonchev–Trinajstić information content (AvgIpc) is 2.21. The van der Waals surface area contributed by atoms with Gasteiger partial charge in [-0.2, -0.15) is 5.10 Å². The molecule has 0 radical (unpaired) electrons. The fraction of sp³-hybridized carbons (Fsp3) is 0.727. The van der Waals surface area contributed by atoms with Gasteiger partial charge >= 0.3 is 11.8 Å². The number of nitrogens with one attached hydrogen (secondary N) is 2. The molecule has 0 aliphatic heterocycles. The van der Waals surface area contributed by atoms with Crippen molar-refractivity contribution in [2.24, 2.45) is 5.10 Å². The van der Waals surface area contributed by atoms with E-state index >= 15 is 0 Å². The van der Waals surface area contributed by atoms with E-state index in [4.69, 9.17) is 0 Å². The van der Waals surface area contributed by atoms with E-state index in [-0.39, 0.29) is 6.04 Å². The zero-order valence-electron chi connectivity index (χ0n) is 10.5. The lowest BCUT2D eigenvalue weighted by Gasteiger charge is -2.06. The highest BCUT2D eigenvalue weighted by atomic mass is 16.2. The maximum absolute atomic E-state index is 11.2. The second kappa shape index (κ2) is 7.84. The molecule has 0 aromatic carbocycles. The summed E-state index contributed by atoms with van der Waals surface area (Å²) in [5.41, 5.74) is 3.06. The molecule has 0 aliphatic rings. The van der Waals surface area contributed by atoms with Crippen molar-refractivity contribution in [1.29, 1.82) is 0 Å². The number of unbranched alkanes of at least 4 members (excludes halogenated alkanes) is 1. The van der Waals surface area contributed by atoms with Crippen molar-refractivity contribution in [3.63, 3.8) is 0 Å². The number of carbonyl (C=O) groups excluding carboxylic acids is 2. The van der Waals surface area contributed by atoms with E-state index in [1.165, 1.54) is 0 Å². The Labute approximate surface area is 96.7 Å². The van der Waals surface area contributed by atoms with Gasteiger partial charge in [0.2, 0.25) is 0 Å². The van der Waals surface area contributed by atoms with Crippen molar-refractivity contribution < 1.29 is 9.59 Å². The summed E-state index contributed by atoms with van der Waals surface area (Å²) >= 11 is 0. The molecule has 0 aromatic heterocycles. The van der Waals surface area contributed by atoms with Crippen LogP contribution in [0, 0.1) is 0 Å². The minimum atomic E-state index is -0.718. The molecule has 0 saturated heterocycles. The van der Waals surface area contributed by atoms with Crippen LogP contribution in [0.4, 0.5) is 0 Å². The van der Waals surface area contributed by atoms with E-state index in [1.807, 2.05) is 6.92 Å². The van der Waals surface area contributed by atoms with Gasteiger partial charge in [-0.25, -0.2) is 5.43 Å². The van der Waals surface area contributed by atoms with Crippen LogP contribution in [0.15, 0.2) is 5.10 Å². The van der Waals surface area contributed by atoms with Crippen LogP contribution < -0.4 is 10.7 Å². The van der Waals surface area contributed by atoms with Gasteiger partial charge in [0.05, 0.1) is 0 Å². The first-order valence-corrected chi connectivity index (χ1v) is 5.61. The Kier molecular flexibility index (Phi) is 7.16. The summed E-state index contributed by atoms with van der Waals surface area (Å²) in [5, 5.41) is 6.34. The number of hydrogen-bond acceptors (Lipinski definition) is 3. The Balaban J connectivity index is 4.00. The number of rotatable bonds is 5. The number of nitrogens with zero attached hydrogens (tertiary/aromatic N) is 1. The molecule has 92 valence electrons. The maximum atomic E-state index is 11.2. The van der Waals surface area contributed by atoms with Crippen LogP contribution in [0.25, 0.3) is 0 Å². The fourth-order valence-corrected chi connectivity index (χ4v) is 1.01. The highest BCUT2D eigenvalue weighted by Gasteiger charge is 2.13. The minimum absolute atomic E-state index is 0.0524. The maximum Gasteiger partial charge on any atom is 0.329 e. The Hall–Kier alpha value is -1.39. The van der Waals surface area contributed by atoms with Crippen molar-refractivity contribution in [1.82, 2.24) is 10.7 Å². The van der Waals surface area contributed by atoms with Crippen molar-refractivity contribution in [2.75, 3.05) is 0 Å². The summed E-state index contributed by atoms with van der Waals surface area (Å²) in [6.07, 6.45) is 2.95. The molecule has 0 unspecified atom stereocenters. The predicted molar refractivity (Wildman–Crippen MR) is 64.1 cm³/mol. The topological polar surface area (TPSA) is 70.6 Å². The SMILES string of the molecule is CCCCC(C)=NNC(=O)C(=O)NC(C)C. The van der Waals surface area contributed by atoms with E-state index < -0.39 is 11.8 Å². The van der Waals surface area contributed by atoms with E-state index in [0.717, 1.165) is 25.0 Å². The van der Waals surface area contributed by atoms with Gasteiger partial charge in [0, 0.05) is 11.8 Å². The molecule has 0 saturated carbocycles. The number of hydrazone groups is 1. The first kappa shape index (κ1) is 14.6. The van der Waals surface area contributed by atoms with Crippen LogP contribution in [0.2, 0.25) is 0 Å². The van der Waals surface area contributed by atoms with Gasteiger partial charge in [-0.05, 0) is 33.6 Å². The molecule has 2 N–H and O–H groups in total. The highest BCUT2D eigenvalue weighted by Crippen LogP contribution is 1.95. The summed E-state index contributed by atoms with van der Waals surface area (Å²) < 4.78 is 0. The fourth-order valence-electron chi connectivity index (χ4n) is 1.01. The summed E-state index contributed by atoms with van der Waals surface area (Å²) in [6.45, 7) is 7.50. The van der Waals surface area contributed by atoms with Crippen molar-refractivity contribution in [3.05, 3.63) is 0 Å². The number of hydrogen-bond donors (Lipinski definition) is 2. The largest absolute Gasteiger partial charge is 0.346 e. The lowest BCUT2D eigenvalue weighted by Crippen LogP contribution is -2.41. The van der Waals surface area contributed by atoms with E-state index in [1.54, 1.807) is 13.8 Å². The van der Waals surface area contributed by atoms with Crippen LogP contribution in [0.3, 0.4) is 0 Å². The van der Waals surface area contributed by atoms with Gasteiger partial charge in [-0.1, -0.05) is 13.3 Å². The molecule has 0 atom stereocenters. The molecular formula is C11H21N3O2. The average molecular weight is 227 g/mol. The Morgan fingerprint density at radius 3 is 2.38 bits per heavy atom. The molecule has 5 nitrogen and oxygen atoms in total. The number of carbonyl (C=O) groups is 2. The lowest BCUT2D eigenvalue weighted by atomic mass is 10.2. The highest BCUT2D eigenvalue weighted by molar-refractivity contribution is 6.35. The summed E-state index contributed by atoms with van der Waals surface area (Å²) in [7, 11) is 0. The third-order valence-electron chi connectivity index (χ3n) is 1.87. The van der Waals surface area contributed by atoms with E-state index in [9.17, 15) is 9.59 Å². The third kappa shape index (κ3) is 6.98. The zero-order valence-corrected chi connectivity index (χ0v) is 10.5. The Morgan fingerprint density at radius 2 is 1.88 bits per heavy atom. The molecule has 5 heteroatoms. The van der Waals surface area contributed by atoms with E-state index in [2.05, 4.69) is 22.8 Å². The summed E-state index contributed by atoms with van der Waals surface area (Å²) in [5.74, 6) is -1.37. The first-order chi connectivity index (χ1) is 7.47. The molecular weight excluding hydrogens is 206 g/mol. The summed E-state index contributed by atoms with van der Waals surface area (Å²) in [6, 6.07) is -0.0524. The molecule has 16 heavy (non-hydrogen) atoms. The third-order valence-corrected chi connectivity index (χ3v) is 1.87. The van der Waals surface area contributed by atoms with Crippen LogP contribution in [0.1, 0.15) is 47.0 Å². The molecule has 0 aromatic rings. The number of amides is 2. The van der Waals surface area contributed by atoms with Gasteiger partial charge in [0.15, 0.2) is 0 Å². The van der Waals surface area contributed by atoms with Crippen molar-refractivity contribution in [3.8, 4) is 0 Å². The molecule has 0 heterocycles. The Morgan fingerprint density at radius 1 is 1.25 bits per heavy atom. The van der Waals surface area contributed by atoms with Gasteiger partial charge < -0.3 is 5.32 Å². The molecule has 0 bridgehead atoms. The van der Waals surface area contributed by atoms with Crippen LogP contribution in [-0.4, -0.2) is 23.6 Å². The van der Waals surface area contributed by atoms with E-state index in [0.29, 0.717) is 0 Å². The summed E-state index contributed by atoms with van der Waals surface area (Å²) in [4.78, 5) is 22.4. The quantitative estimate of drug-likeness (QED) is 0.421. The molecule has 0 fully saturated rings. The molecule has 2 amide bonds. The smallest absolute Gasteiger partial charge is 0.329 e. The zero-order chi connectivity index (χ0) is 12.6. The second-order valence-corrected chi connectivity index (χ2v) is 4.02. The van der Waals surface area contributed by atoms with Gasteiger partial charge in [-0.15, -0.1) is 0 Å². The van der Waals surface area contributed by atoms with Crippen LogP contribution >= 0.6 is 0 Å². The minimum Gasteiger partial charge on any atom is -0.346 e. The molecule has 0 spiro atoms. The predicted octanol–water partition coefficient (Wildman–Crippen LogP) is 1.19. The first-order valence-electron chi connectivity index (χ1n) is 5.61. The van der Waals surface area contributed by atoms with Crippen LogP contribution in [0.5, 0.6) is 0 Å². The standard InChI is InChI=1S/C11H21N3O2/c1-5-6-7-9(4)13-14-11(16)10(15)12-8(2)3/h8H,5-7H2,1-4H3,(H,12,15)(H,14,16).